The van der Waals surface area contributed by atoms with E-state index in [2.05, 4.69) is 16.0 Å². The standard InChI is InChI=1S/C17H13ClFN5/c18-13-5-12(7-22-8-13)15-3-11(6-21)4-16-17(15)23-10-24(16)9-14(19)1-2-20/h1,3-5,7-8,10H,2,9,20H2. The lowest BCUT2D eigenvalue weighted by atomic mass is 10.0. The number of rotatable bonds is 4. The number of pyridine rings is 1. The summed E-state index contributed by atoms with van der Waals surface area (Å²) in [5.41, 5.74) is 8.55. The summed E-state index contributed by atoms with van der Waals surface area (Å²) in [7, 11) is 0. The molecule has 0 amide bonds. The predicted molar refractivity (Wildman–Crippen MR) is 90.9 cm³/mol. The van der Waals surface area contributed by atoms with E-state index < -0.39 is 0 Å². The summed E-state index contributed by atoms with van der Waals surface area (Å²) in [6.07, 6.45) is 6.02. The van der Waals surface area contributed by atoms with Crippen LogP contribution in [0.5, 0.6) is 0 Å². The van der Waals surface area contributed by atoms with E-state index in [1.807, 2.05) is 0 Å². The van der Waals surface area contributed by atoms with E-state index in [9.17, 15) is 9.65 Å². The second-order valence-corrected chi connectivity index (χ2v) is 5.59. The maximum Gasteiger partial charge on any atom is 0.117 e. The second-order valence-electron chi connectivity index (χ2n) is 5.15. The summed E-state index contributed by atoms with van der Waals surface area (Å²) in [6, 6.07) is 7.27. The summed E-state index contributed by atoms with van der Waals surface area (Å²) in [5, 5.41) is 9.78. The fraction of sp³-hybridized carbons (Fsp3) is 0.118. The van der Waals surface area contributed by atoms with E-state index in [4.69, 9.17) is 17.3 Å². The molecule has 3 aromatic rings. The summed E-state index contributed by atoms with van der Waals surface area (Å²) >= 11 is 6.01. The van der Waals surface area contributed by atoms with Gasteiger partial charge in [0.2, 0.25) is 0 Å². The zero-order chi connectivity index (χ0) is 17.1. The van der Waals surface area contributed by atoms with Gasteiger partial charge in [0.1, 0.15) is 5.83 Å². The molecular formula is C17H13ClFN5. The zero-order valence-electron chi connectivity index (χ0n) is 12.6. The number of benzene rings is 1. The minimum Gasteiger partial charge on any atom is -0.327 e. The van der Waals surface area contributed by atoms with Gasteiger partial charge in [0.15, 0.2) is 0 Å². The SMILES string of the molecule is N#Cc1cc(-c2cncc(Cl)c2)c2ncn(CC(F)=CCN)c2c1. The highest BCUT2D eigenvalue weighted by molar-refractivity contribution is 6.30. The molecule has 1 aromatic carbocycles. The van der Waals surface area contributed by atoms with Crippen LogP contribution >= 0.6 is 11.6 Å². The lowest BCUT2D eigenvalue weighted by Crippen LogP contribution is -2.00. The number of nitriles is 1. The van der Waals surface area contributed by atoms with Crippen molar-refractivity contribution in [2.45, 2.75) is 6.54 Å². The van der Waals surface area contributed by atoms with Gasteiger partial charge in [-0.25, -0.2) is 9.37 Å². The molecule has 0 radical (unpaired) electrons. The Labute approximate surface area is 142 Å². The largest absolute Gasteiger partial charge is 0.327 e. The number of imidazole rings is 1. The van der Waals surface area contributed by atoms with Gasteiger partial charge in [-0.15, -0.1) is 0 Å². The van der Waals surface area contributed by atoms with Crippen LogP contribution in [0.2, 0.25) is 5.02 Å². The average Bonchev–Trinajstić information content (AvgIpc) is 2.97. The summed E-state index contributed by atoms with van der Waals surface area (Å²) < 4.78 is 15.4. The van der Waals surface area contributed by atoms with Gasteiger partial charge >= 0.3 is 0 Å². The molecule has 120 valence electrons. The Hall–Kier alpha value is -2.75. The van der Waals surface area contributed by atoms with Crippen LogP contribution in [-0.4, -0.2) is 21.1 Å². The molecule has 5 nitrogen and oxygen atoms in total. The van der Waals surface area contributed by atoms with Gasteiger partial charge in [-0.2, -0.15) is 5.26 Å². The molecule has 0 aliphatic rings. The van der Waals surface area contributed by atoms with Crippen LogP contribution in [0, 0.1) is 11.3 Å². The van der Waals surface area contributed by atoms with Crippen molar-refractivity contribution in [3.05, 3.63) is 59.4 Å². The van der Waals surface area contributed by atoms with Crippen LogP contribution in [-0.2, 0) is 6.54 Å². The van der Waals surface area contributed by atoms with Crippen molar-refractivity contribution >= 4 is 22.6 Å². The molecule has 0 aliphatic carbocycles. The fourth-order valence-corrected chi connectivity index (χ4v) is 2.66. The Bertz CT molecular complexity index is 971. The highest BCUT2D eigenvalue weighted by atomic mass is 35.5. The van der Waals surface area contributed by atoms with Crippen LogP contribution < -0.4 is 5.73 Å². The number of nitrogens with zero attached hydrogens (tertiary/aromatic N) is 4. The number of halogens is 2. The third-order valence-electron chi connectivity index (χ3n) is 3.53. The average molecular weight is 342 g/mol. The molecule has 2 N–H and O–H groups in total. The van der Waals surface area contributed by atoms with Crippen molar-refractivity contribution in [1.82, 2.24) is 14.5 Å². The lowest BCUT2D eigenvalue weighted by molar-refractivity contribution is 0.558. The molecule has 3 rings (SSSR count). The Kier molecular flexibility index (Phi) is 4.56. The Morgan fingerprint density at radius 1 is 1.38 bits per heavy atom. The third kappa shape index (κ3) is 3.13. The topological polar surface area (TPSA) is 80.5 Å². The molecule has 2 aromatic heterocycles. The quantitative estimate of drug-likeness (QED) is 0.788. The molecule has 0 fully saturated rings. The van der Waals surface area contributed by atoms with Gasteiger partial charge < -0.3 is 10.3 Å². The lowest BCUT2D eigenvalue weighted by Gasteiger charge is -2.07. The van der Waals surface area contributed by atoms with Crippen molar-refractivity contribution < 1.29 is 4.39 Å². The van der Waals surface area contributed by atoms with Gasteiger partial charge in [-0.1, -0.05) is 11.6 Å². The monoisotopic (exact) mass is 341 g/mol. The van der Waals surface area contributed by atoms with Crippen LogP contribution in [0.1, 0.15) is 5.56 Å². The van der Waals surface area contributed by atoms with Crippen LogP contribution in [0.15, 0.2) is 48.8 Å². The van der Waals surface area contributed by atoms with E-state index >= 15 is 0 Å². The zero-order valence-corrected chi connectivity index (χ0v) is 13.3. The van der Waals surface area contributed by atoms with Gasteiger partial charge in [0, 0.05) is 30.1 Å². The first kappa shape index (κ1) is 16.1. The van der Waals surface area contributed by atoms with E-state index in [0.29, 0.717) is 21.6 Å². The third-order valence-corrected chi connectivity index (χ3v) is 3.74. The molecule has 0 saturated carbocycles. The summed E-state index contributed by atoms with van der Waals surface area (Å²) in [6.45, 7) is 0.136. The smallest absolute Gasteiger partial charge is 0.117 e. The van der Waals surface area contributed by atoms with Crippen molar-refractivity contribution in [1.29, 1.82) is 5.26 Å². The molecule has 2 heterocycles. The number of hydrogen-bond acceptors (Lipinski definition) is 4. The fourth-order valence-electron chi connectivity index (χ4n) is 2.49. The van der Waals surface area contributed by atoms with Gasteiger partial charge in [-0.3, -0.25) is 4.98 Å². The first-order chi connectivity index (χ1) is 11.6. The number of nitrogens with two attached hydrogens (primary N) is 1. The summed E-state index contributed by atoms with van der Waals surface area (Å²) in [4.78, 5) is 8.44. The van der Waals surface area contributed by atoms with Crippen molar-refractivity contribution in [3.63, 3.8) is 0 Å². The number of allylic oxidation sites excluding steroid dienone is 1. The van der Waals surface area contributed by atoms with Crippen molar-refractivity contribution in [2.24, 2.45) is 5.73 Å². The molecule has 7 heteroatoms. The van der Waals surface area contributed by atoms with Crippen molar-refractivity contribution in [3.8, 4) is 17.2 Å². The molecule has 0 atom stereocenters. The van der Waals surface area contributed by atoms with E-state index in [-0.39, 0.29) is 18.9 Å². The second kappa shape index (κ2) is 6.79. The number of aromatic nitrogens is 3. The highest BCUT2D eigenvalue weighted by Crippen LogP contribution is 2.30. The Balaban J connectivity index is 2.19. The first-order valence-electron chi connectivity index (χ1n) is 7.17. The molecular weight excluding hydrogens is 329 g/mol. The van der Waals surface area contributed by atoms with E-state index in [1.165, 1.54) is 18.6 Å². The predicted octanol–water partition coefficient (Wildman–Crippen LogP) is 3.44. The molecule has 24 heavy (non-hydrogen) atoms. The minimum atomic E-state index is -0.356. The minimum absolute atomic E-state index is 0.00974. The van der Waals surface area contributed by atoms with E-state index in [1.54, 1.807) is 29.0 Å². The summed E-state index contributed by atoms with van der Waals surface area (Å²) in [5.74, 6) is -0.356. The van der Waals surface area contributed by atoms with Gasteiger partial charge in [0.25, 0.3) is 0 Å². The Morgan fingerprint density at radius 3 is 2.92 bits per heavy atom. The first-order valence-corrected chi connectivity index (χ1v) is 7.54. The Morgan fingerprint density at radius 2 is 2.21 bits per heavy atom. The molecule has 0 spiro atoms. The molecule has 0 bridgehead atoms. The number of fused-ring (bicyclic) bond motifs is 1. The normalized spacial score (nSPS) is 11.7. The van der Waals surface area contributed by atoms with Crippen LogP contribution in [0.25, 0.3) is 22.2 Å². The maximum atomic E-state index is 13.8. The van der Waals surface area contributed by atoms with Crippen LogP contribution in [0.3, 0.4) is 0 Å². The van der Waals surface area contributed by atoms with Crippen LogP contribution in [0.4, 0.5) is 4.39 Å². The molecule has 0 unspecified atom stereocenters. The molecule has 0 saturated heterocycles. The highest BCUT2D eigenvalue weighted by Gasteiger charge is 2.13. The molecule has 0 aliphatic heterocycles. The van der Waals surface area contributed by atoms with Gasteiger partial charge in [-0.05, 0) is 24.3 Å². The van der Waals surface area contributed by atoms with Gasteiger partial charge in [0.05, 0.1) is 40.6 Å². The van der Waals surface area contributed by atoms with Crippen molar-refractivity contribution in [2.75, 3.05) is 6.54 Å². The maximum absolute atomic E-state index is 13.8. The number of hydrogen-bond donors (Lipinski definition) is 1. The van der Waals surface area contributed by atoms with E-state index in [0.717, 1.165) is 11.1 Å².